The number of allylic oxidation sites excluding steroid dienone is 1. The molecule has 2 aromatic carbocycles. The summed E-state index contributed by atoms with van der Waals surface area (Å²) in [5.41, 5.74) is 2.43. The van der Waals surface area contributed by atoms with E-state index in [1.165, 1.54) is 10.4 Å². The van der Waals surface area contributed by atoms with Crippen LogP contribution in [0.5, 0.6) is 5.75 Å². The fourth-order valence-electron chi connectivity index (χ4n) is 7.34. The molecule has 2 unspecified atom stereocenters. The van der Waals surface area contributed by atoms with Gasteiger partial charge in [0, 0.05) is 23.5 Å². The van der Waals surface area contributed by atoms with E-state index in [4.69, 9.17) is 9.15 Å². The maximum atomic E-state index is 13.2. The van der Waals surface area contributed by atoms with Gasteiger partial charge in [0.05, 0.1) is 24.1 Å². The molecule has 3 aliphatic rings. The minimum atomic E-state index is -3.61. The quantitative estimate of drug-likeness (QED) is 0.327. The molecule has 2 heterocycles. The summed E-state index contributed by atoms with van der Waals surface area (Å²) in [6, 6.07) is 17.3. The molecule has 1 aromatic heterocycles. The number of fused-ring (bicyclic) bond motifs is 1. The summed E-state index contributed by atoms with van der Waals surface area (Å²) >= 11 is 0. The standard InChI is InChI=1S/C32H36N2O5S/c1-22-27(33-30(39-22)24-11-5-4-6-12-24)16-18-38-26-13-7-9-23(19-26)10-8-14-29(35)34-28-20-25-15-17-32(28,31(25,2)3)21-40(34,36)37/h4-9,11-14,19,25,28H,10,15-18,20-21H2,1-3H3/b14-8+/t25?,28?,32-/m0/s1. The molecule has 7 nitrogen and oxygen atoms in total. The zero-order valence-corrected chi connectivity index (χ0v) is 24.1. The third kappa shape index (κ3) is 4.46. The first-order valence-corrected chi connectivity index (χ1v) is 15.7. The summed E-state index contributed by atoms with van der Waals surface area (Å²) in [5.74, 6) is 2.28. The van der Waals surface area contributed by atoms with E-state index >= 15 is 0 Å². The van der Waals surface area contributed by atoms with Gasteiger partial charge < -0.3 is 9.15 Å². The number of oxazole rings is 1. The Morgan fingerprint density at radius 1 is 1.18 bits per heavy atom. The van der Waals surface area contributed by atoms with Gasteiger partial charge in [0.15, 0.2) is 0 Å². The van der Waals surface area contributed by atoms with Crippen molar-refractivity contribution in [2.24, 2.45) is 16.7 Å². The monoisotopic (exact) mass is 560 g/mol. The fraction of sp³-hybridized carbons (Fsp3) is 0.438. The number of hydrogen-bond acceptors (Lipinski definition) is 6. The molecule has 6 rings (SSSR count). The average Bonchev–Trinajstić information content (AvgIpc) is 3.55. The second-order valence-corrected chi connectivity index (χ2v) is 13.8. The lowest BCUT2D eigenvalue weighted by Crippen LogP contribution is -2.43. The van der Waals surface area contributed by atoms with Gasteiger partial charge >= 0.3 is 0 Å². The van der Waals surface area contributed by atoms with Crippen molar-refractivity contribution in [1.29, 1.82) is 0 Å². The Hall–Kier alpha value is -3.39. The van der Waals surface area contributed by atoms with Gasteiger partial charge in [-0.25, -0.2) is 17.7 Å². The van der Waals surface area contributed by atoms with Crippen LogP contribution in [0.4, 0.5) is 0 Å². The van der Waals surface area contributed by atoms with Crippen LogP contribution in [-0.2, 0) is 27.7 Å². The highest BCUT2D eigenvalue weighted by Gasteiger charge is 2.72. The zero-order chi connectivity index (χ0) is 28.1. The summed E-state index contributed by atoms with van der Waals surface area (Å²) in [6.07, 6.45) is 7.04. The van der Waals surface area contributed by atoms with E-state index in [0.717, 1.165) is 47.6 Å². The van der Waals surface area contributed by atoms with E-state index < -0.39 is 15.9 Å². The van der Waals surface area contributed by atoms with Gasteiger partial charge in [-0.2, -0.15) is 0 Å². The van der Waals surface area contributed by atoms with Crippen molar-refractivity contribution in [3.05, 3.63) is 83.8 Å². The van der Waals surface area contributed by atoms with Gasteiger partial charge in [-0.3, -0.25) is 4.79 Å². The minimum absolute atomic E-state index is 0.0551. The minimum Gasteiger partial charge on any atom is -0.493 e. The number of rotatable bonds is 8. The highest BCUT2D eigenvalue weighted by molar-refractivity contribution is 7.90. The Bertz CT molecular complexity index is 1560. The van der Waals surface area contributed by atoms with Gasteiger partial charge in [0.25, 0.3) is 5.91 Å². The third-order valence-corrected chi connectivity index (χ3v) is 11.6. The van der Waals surface area contributed by atoms with E-state index in [1.807, 2.05) is 61.5 Å². The van der Waals surface area contributed by atoms with Gasteiger partial charge in [-0.1, -0.05) is 50.3 Å². The highest BCUT2D eigenvalue weighted by atomic mass is 32.2. The van der Waals surface area contributed by atoms with Crippen LogP contribution in [-0.4, -0.2) is 42.0 Å². The molecule has 1 aliphatic heterocycles. The molecule has 2 aliphatic carbocycles. The van der Waals surface area contributed by atoms with Gasteiger partial charge in [-0.15, -0.1) is 0 Å². The van der Waals surface area contributed by atoms with Crippen LogP contribution in [0.2, 0.25) is 0 Å². The van der Waals surface area contributed by atoms with Gasteiger partial charge in [-0.05, 0) is 73.8 Å². The van der Waals surface area contributed by atoms with E-state index in [2.05, 4.69) is 18.8 Å². The maximum Gasteiger partial charge on any atom is 0.260 e. The van der Waals surface area contributed by atoms with Crippen molar-refractivity contribution in [1.82, 2.24) is 9.29 Å². The van der Waals surface area contributed by atoms with Crippen LogP contribution in [0.1, 0.15) is 50.1 Å². The molecule has 2 saturated carbocycles. The van der Waals surface area contributed by atoms with Gasteiger partial charge in [0.1, 0.15) is 11.5 Å². The summed E-state index contributed by atoms with van der Waals surface area (Å²) in [7, 11) is -3.61. The lowest BCUT2D eigenvalue weighted by atomic mass is 9.69. The Morgan fingerprint density at radius 3 is 2.75 bits per heavy atom. The van der Waals surface area contributed by atoms with Crippen molar-refractivity contribution < 1.29 is 22.4 Å². The molecule has 3 aromatic rings. The number of aryl methyl sites for hydroxylation is 1. The predicted octanol–water partition coefficient (Wildman–Crippen LogP) is 5.74. The molecule has 3 fully saturated rings. The van der Waals surface area contributed by atoms with Crippen LogP contribution in [0.15, 0.2) is 71.2 Å². The van der Waals surface area contributed by atoms with Crippen LogP contribution in [0.3, 0.4) is 0 Å². The smallest absolute Gasteiger partial charge is 0.260 e. The number of ether oxygens (including phenoxy) is 1. The van der Waals surface area contributed by atoms with Crippen molar-refractivity contribution in [2.75, 3.05) is 12.4 Å². The molecule has 8 heteroatoms. The van der Waals surface area contributed by atoms with Crippen molar-refractivity contribution in [3.8, 4) is 17.2 Å². The molecular weight excluding hydrogens is 524 g/mol. The second-order valence-electron chi connectivity index (χ2n) is 12.0. The number of nitrogens with zero attached hydrogens (tertiary/aromatic N) is 2. The molecule has 1 amide bonds. The SMILES string of the molecule is Cc1oc(-c2ccccc2)nc1CCOc1cccc(C/C=C/C(=O)N2C3CC4CC[C@@]3(CS2(=O)=O)C4(C)C)c1. The van der Waals surface area contributed by atoms with E-state index in [-0.39, 0.29) is 22.6 Å². The average molecular weight is 561 g/mol. The van der Waals surface area contributed by atoms with E-state index in [9.17, 15) is 13.2 Å². The van der Waals surface area contributed by atoms with E-state index in [0.29, 0.717) is 31.3 Å². The topological polar surface area (TPSA) is 89.7 Å². The molecule has 3 atom stereocenters. The number of amides is 1. The van der Waals surface area contributed by atoms with Crippen molar-refractivity contribution in [2.45, 2.75) is 58.9 Å². The number of benzene rings is 2. The first kappa shape index (κ1) is 26.8. The Balaban J connectivity index is 1.06. The zero-order valence-electron chi connectivity index (χ0n) is 23.3. The molecule has 1 saturated heterocycles. The first-order chi connectivity index (χ1) is 19.1. The third-order valence-electron chi connectivity index (χ3n) is 9.66. The lowest BCUT2D eigenvalue weighted by Gasteiger charge is -2.36. The van der Waals surface area contributed by atoms with Crippen LogP contribution >= 0.6 is 0 Å². The Labute approximate surface area is 236 Å². The maximum absolute atomic E-state index is 13.2. The molecule has 0 radical (unpaired) electrons. The summed E-state index contributed by atoms with van der Waals surface area (Å²) in [4.78, 5) is 17.8. The van der Waals surface area contributed by atoms with Crippen LogP contribution in [0.25, 0.3) is 11.5 Å². The number of carbonyl (C=O) groups is 1. The van der Waals surface area contributed by atoms with Crippen molar-refractivity contribution >= 4 is 15.9 Å². The number of sulfonamides is 1. The molecule has 40 heavy (non-hydrogen) atoms. The largest absolute Gasteiger partial charge is 0.493 e. The molecule has 2 bridgehead atoms. The molecule has 210 valence electrons. The summed E-state index contributed by atoms with van der Waals surface area (Å²) in [6.45, 7) is 6.74. The number of carbonyl (C=O) groups excluding carboxylic acids is 1. The predicted molar refractivity (Wildman–Crippen MR) is 153 cm³/mol. The molecule has 1 spiro atoms. The number of hydrogen-bond donors (Lipinski definition) is 0. The molecular formula is C32H36N2O5S. The Kier molecular flexibility index (Phi) is 6.64. The first-order valence-electron chi connectivity index (χ1n) is 14.1. The van der Waals surface area contributed by atoms with Crippen molar-refractivity contribution in [3.63, 3.8) is 0 Å². The lowest BCUT2D eigenvalue weighted by molar-refractivity contribution is -0.124. The normalized spacial score (nSPS) is 25.9. The summed E-state index contributed by atoms with van der Waals surface area (Å²) < 4.78 is 39.3. The van der Waals surface area contributed by atoms with Gasteiger partial charge in [0.2, 0.25) is 15.9 Å². The van der Waals surface area contributed by atoms with Crippen LogP contribution in [0, 0.1) is 23.7 Å². The fourth-order valence-corrected chi connectivity index (χ4v) is 9.85. The molecule has 0 N–H and O–H groups in total. The van der Waals surface area contributed by atoms with E-state index in [1.54, 1.807) is 6.08 Å². The highest BCUT2D eigenvalue weighted by Crippen LogP contribution is 2.69. The second kappa shape index (κ2) is 9.91. The summed E-state index contributed by atoms with van der Waals surface area (Å²) in [5, 5.41) is 0. The number of aromatic nitrogens is 1. The Morgan fingerprint density at radius 2 is 1.98 bits per heavy atom. The van der Waals surface area contributed by atoms with Crippen LogP contribution < -0.4 is 4.74 Å².